The Bertz CT molecular complexity index is 747. The highest BCUT2D eigenvalue weighted by atomic mass is 16.5. The number of benzene rings is 2. The van der Waals surface area contributed by atoms with E-state index >= 15 is 0 Å². The molecule has 0 spiro atoms. The average molecular weight is 309 g/mol. The van der Waals surface area contributed by atoms with Gasteiger partial charge in [0.25, 0.3) is 0 Å². The number of aryl methyl sites for hydroxylation is 1. The largest absolute Gasteiger partial charge is 0.497 e. The third kappa shape index (κ3) is 3.06. The topological polar surface area (TPSA) is 47.6 Å². The van der Waals surface area contributed by atoms with Gasteiger partial charge in [-0.15, -0.1) is 0 Å². The molecule has 0 heterocycles. The molecule has 0 radical (unpaired) electrons. The number of ether oxygens (including phenoxy) is 2. The lowest BCUT2D eigenvalue weighted by Crippen LogP contribution is -2.17. The summed E-state index contributed by atoms with van der Waals surface area (Å²) in [5, 5.41) is 3.38. The van der Waals surface area contributed by atoms with Gasteiger partial charge in [-0.3, -0.25) is 0 Å². The number of esters is 1. The molecule has 118 valence electrons. The first-order valence-electron chi connectivity index (χ1n) is 7.53. The molecule has 0 unspecified atom stereocenters. The molecule has 0 amide bonds. The molecule has 1 aliphatic rings. The van der Waals surface area contributed by atoms with Crippen LogP contribution in [0.25, 0.3) is 5.70 Å². The van der Waals surface area contributed by atoms with E-state index < -0.39 is 0 Å². The SMILES string of the molecule is COC(=O)C1=C(Nc2ccc(OC)cc2)c2ccccc2CC1. The number of nitrogens with one attached hydrogen (secondary N) is 1. The van der Waals surface area contributed by atoms with Crippen LogP contribution in [0, 0.1) is 0 Å². The zero-order chi connectivity index (χ0) is 16.2. The fourth-order valence-electron chi connectivity index (χ4n) is 2.82. The second-order valence-corrected chi connectivity index (χ2v) is 5.36. The zero-order valence-electron chi connectivity index (χ0n) is 13.3. The predicted octanol–water partition coefficient (Wildman–Crippen LogP) is 3.64. The Hall–Kier alpha value is -2.75. The van der Waals surface area contributed by atoms with Crippen LogP contribution in [0.1, 0.15) is 17.5 Å². The van der Waals surface area contributed by atoms with Crippen molar-refractivity contribution < 1.29 is 14.3 Å². The van der Waals surface area contributed by atoms with Gasteiger partial charge in [-0.2, -0.15) is 0 Å². The Labute approximate surface area is 135 Å². The first-order valence-corrected chi connectivity index (χ1v) is 7.53. The highest BCUT2D eigenvalue weighted by Gasteiger charge is 2.24. The van der Waals surface area contributed by atoms with Gasteiger partial charge in [0, 0.05) is 11.3 Å². The van der Waals surface area contributed by atoms with Crippen LogP contribution in [0.15, 0.2) is 54.1 Å². The number of hydrogen-bond donors (Lipinski definition) is 1. The van der Waals surface area contributed by atoms with Gasteiger partial charge >= 0.3 is 5.97 Å². The van der Waals surface area contributed by atoms with E-state index in [1.54, 1.807) is 7.11 Å². The van der Waals surface area contributed by atoms with Crippen LogP contribution in [-0.4, -0.2) is 20.2 Å². The molecule has 1 N–H and O–H groups in total. The average Bonchev–Trinajstić information content (AvgIpc) is 2.62. The third-order valence-corrected chi connectivity index (χ3v) is 4.02. The summed E-state index contributed by atoms with van der Waals surface area (Å²) >= 11 is 0. The number of rotatable bonds is 4. The summed E-state index contributed by atoms with van der Waals surface area (Å²) in [6, 6.07) is 15.8. The van der Waals surface area contributed by atoms with Crippen LogP contribution < -0.4 is 10.1 Å². The summed E-state index contributed by atoms with van der Waals surface area (Å²) in [6.45, 7) is 0. The van der Waals surface area contributed by atoms with Crippen LogP contribution in [-0.2, 0) is 16.0 Å². The molecular weight excluding hydrogens is 290 g/mol. The Kier molecular flexibility index (Phi) is 4.33. The highest BCUT2D eigenvalue weighted by molar-refractivity contribution is 6.01. The van der Waals surface area contributed by atoms with Gasteiger partial charge in [-0.1, -0.05) is 24.3 Å². The lowest BCUT2D eigenvalue weighted by Gasteiger charge is -2.23. The zero-order valence-corrected chi connectivity index (χ0v) is 13.3. The summed E-state index contributed by atoms with van der Waals surface area (Å²) < 4.78 is 10.1. The summed E-state index contributed by atoms with van der Waals surface area (Å²) in [5.74, 6) is 0.511. The first kappa shape index (κ1) is 15.2. The van der Waals surface area contributed by atoms with Crippen molar-refractivity contribution >= 4 is 17.4 Å². The Morgan fingerprint density at radius 1 is 1.00 bits per heavy atom. The molecule has 0 bridgehead atoms. The number of hydrogen-bond acceptors (Lipinski definition) is 4. The minimum absolute atomic E-state index is 0.282. The van der Waals surface area contributed by atoms with Gasteiger partial charge in [0.05, 0.1) is 25.5 Å². The van der Waals surface area contributed by atoms with Crippen molar-refractivity contribution in [1.29, 1.82) is 0 Å². The van der Waals surface area contributed by atoms with Crippen molar-refractivity contribution in [2.45, 2.75) is 12.8 Å². The number of carbonyl (C=O) groups excluding carboxylic acids is 1. The van der Waals surface area contributed by atoms with Gasteiger partial charge in [-0.25, -0.2) is 4.79 Å². The van der Waals surface area contributed by atoms with Crippen molar-refractivity contribution in [2.75, 3.05) is 19.5 Å². The van der Waals surface area contributed by atoms with E-state index in [2.05, 4.69) is 11.4 Å². The second kappa shape index (κ2) is 6.57. The quantitative estimate of drug-likeness (QED) is 0.876. The third-order valence-electron chi connectivity index (χ3n) is 4.02. The molecule has 0 saturated carbocycles. The van der Waals surface area contributed by atoms with Gasteiger partial charge in [0.2, 0.25) is 0 Å². The minimum Gasteiger partial charge on any atom is -0.497 e. The molecule has 23 heavy (non-hydrogen) atoms. The normalized spacial score (nSPS) is 13.3. The van der Waals surface area contributed by atoms with Crippen molar-refractivity contribution in [2.24, 2.45) is 0 Å². The molecule has 0 fully saturated rings. The predicted molar refractivity (Wildman–Crippen MR) is 90.3 cm³/mol. The van der Waals surface area contributed by atoms with Crippen molar-refractivity contribution in [1.82, 2.24) is 0 Å². The Morgan fingerprint density at radius 2 is 1.74 bits per heavy atom. The maximum Gasteiger partial charge on any atom is 0.335 e. The molecule has 0 atom stereocenters. The summed E-state index contributed by atoms with van der Waals surface area (Å²) in [4.78, 5) is 12.1. The summed E-state index contributed by atoms with van der Waals surface area (Å²) in [6.07, 6.45) is 1.51. The van der Waals surface area contributed by atoms with Gasteiger partial charge < -0.3 is 14.8 Å². The highest BCUT2D eigenvalue weighted by Crippen LogP contribution is 2.33. The monoisotopic (exact) mass is 309 g/mol. The van der Waals surface area contributed by atoms with Gasteiger partial charge in [-0.05, 0) is 42.7 Å². The molecule has 4 nitrogen and oxygen atoms in total. The standard InChI is InChI=1S/C19H19NO3/c1-22-15-10-8-14(9-11-15)20-18-16-6-4-3-5-13(16)7-12-17(18)19(21)23-2/h3-6,8-11,20H,7,12H2,1-2H3. The van der Waals surface area contributed by atoms with Crippen LogP contribution in [0.5, 0.6) is 5.75 Å². The number of methoxy groups -OCH3 is 2. The fourth-order valence-corrected chi connectivity index (χ4v) is 2.82. The van der Waals surface area contributed by atoms with Gasteiger partial charge in [0.1, 0.15) is 5.75 Å². The van der Waals surface area contributed by atoms with E-state index in [4.69, 9.17) is 9.47 Å². The summed E-state index contributed by atoms with van der Waals surface area (Å²) in [5.41, 5.74) is 4.69. The molecule has 0 aliphatic heterocycles. The number of fused-ring (bicyclic) bond motifs is 1. The molecule has 2 aromatic rings. The molecule has 3 rings (SSSR count). The summed E-state index contributed by atoms with van der Waals surface area (Å²) in [7, 11) is 3.05. The number of carbonyl (C=O) groups is 1. The van der Waals surface area contributed by atoms with E-state index in [1.807, 2.05) is 42.5 Å². The Morgan fingerprint density at radius 3 is 2.43 bits per heavy atom. The van der Waals surface area contributed by atoms with E-state index in [1.165, 1.54) is 12.7 Å². The second-order valence-electron chi connectivity index (χ2n) is 5.36. The maximum atomic E-state index is 12.1. The first-order chi connectivity index (χ1) is 11.2. The lowest BCUT2D eigenvalue weighted by molar-refractivity contribution is -0.136. The fraction of sp³-hybridized carbons (Fsp3) is 0.211. The molecule has 4 heteroatoms. The minimum atomic E-state index is -0.282. The Balaban J connectivity index is 2.02. The lowest BCUT2D eigenvalue weighted by atomic mass is 9.89. The number of anilines is 1. The molecule has 2 aromatic carbocycles. The van der Waals surface area contributed by atoms with E-state index in [9.17, 15) is 4.79 Å². The van der Waals surface area contributed by atoms with Crippen LogP contribution >= 0.6 is 0 Å². The van der Waals surface area contributed by atoms with Gasteiger partial charge in [0.15, 0.2) is 0 Å². The molecule has 1 aliphatic carbocycles. The van der Waals surface area contributed by atoms with Crippen molar-refractivity contribution in [3.8, 4) is 5.75 Å². The van der Waals surface area contributed by atoms with Crippen LogP contribution in [0.2, 0.25) is 0 Å². The van der Waals surface area contributed by atoms with Crippen LogP contribution in [0.4, 0.5) is 5.69 Å². The smallest absolute Gasteiger partial charge is 0.335 e. The van der Waals surface area contributed by atoms with Crippen LogP contribution in [0.3, 0.4) is 0 Å². The van der Waals surface area contributed by atoms with Crippen molar-refractivity contribution in [3.05, 3.63) is 65.2 Å². The molecule has 0 aromatic heterocycles. The van der Waals surface area contributed by atoms with E-state index in [0.29, 0.717) is 12.0 Å². The van der Waals surface area contributed by atoms with E-state index in [-0.39, 0.29) is 5.97 Å². The maximum absolute atomic E-state index is 12.1. The van der Waals surface area contributed by atoms with E-state index in [0.717, 1.165) is 29.1 Å². The van der Waals surface area contributed by atoms with Crippen molar-refractivity contribution in [3.63, 3.8) is 0 Å². The molecule has 0 saturated heterocycles. The molecular formula is C19H19NO3.